The molecule has 2 aromatic carbocycles. The Bertz CT molecular complexity index is 976. The van der Waals surface area contributed by atoms with Crippen LogP contribution in [0.1, 0.15) is 16.7 Å². The van der Waals surface area contributed by atoms with Crippen molar-refractivity contribution in [2.45, 2.75) is 26.0 Å². The monoisotopic (exact) mass is 545 g/mol. The summed E-state index contributed by atoms with van der Waals surface area (Å²) in [4.78, 5) is 4.10. The molecule has 6 nitrogen and oxygen atoms in total. The number of hydrogen-bond acceptors (Lipinski definition) is 3. The van der Waals surface area contributed by atoms with E-state index in [0.29, 0.717) is 24.6 Å². The number of aliphatic imine (C=N–C) groups is 1. The molecule has 0 amide bonds. The van der Waals surface area contributed by atoms with Crippen LogP contribution in [0.15, 0.2) is 72.0 Å². The highest BCUT2D eigenvalue weighted by atomic mass is 127. The quantitative estimate of drug-likeness (QED) is 0.264. The van der Waals surface area contributed by atoms with Crippen molar-refractivity contribution in [3.05, 3.63) is 83.7 Å². The van der Waals surface area contributed by atoms with Gasteiger partial charge in [-0.05, 0) is 11.6 Å². The molecule has 0 saturated carbocycles. The van der Waals surface area contributed by atoms with Gasteiger partial charge < -0.3 is 15.4 Å². The Morgan fingerprint density at radius 3 is 2.39 bits per heavy atom. The van der Waals surface area contributed by atoms with Crippen LogP contribution in [-0.2, 0) is 19.6 Å². The first kappa shape index (κ1) is 24.5. The van der Waals surface area contributed by atoms with Crippen LogP contribution in [0.3, 0.4) is 0 Å². The first-order valence-electron chi connectivity index (χ1n) is 9.26. The minimum absolute atomic E-state index is 0. The molecule has 0 radical (unpaired) electrons. The van der Waals surface area contributed by atoms with Gasteiger partial charge in [0.15, 0.2) is 5.96 Å². The summed E-state index contributed by atoms with van der Waals surface area (Å²) >= 11 is 0. The number of rotatable bonds is 7. The summed E-state index contributed by atoms with van der Waals surface area (Å²) in [6, 6.07) is 16.0. The fourth-order valence-corrected chi connectivity index (χ4v) is 2.81. The average Bonchev–Trinajstić information content (AvgIpc) is 3.16. The van der Waals surface area contributed by atoms with Crippen molar-refractivity contribution < 1.29 is 17.9 Å². The number of para-hydroxylation sites is 1. The van der Waals surface area contributed by atoms with Crippen LogP contribution < -0.4 is 15.4 Å². The van der Waals surface area contributed by atoms with E-state index in [1.807, 2.05) is 41.2 Å². The number of alkyl halides is 3. The van der Waals surface area contributed by atoms with Crippen LogP contribution in [0.5, 0.6) is 5.75 Å². The van der Waals surface area contributed by atoms with E-state index in [1.165, 1.54) is 12.1 Å². The van der Waals surface area contributed by atoms with Crippen molar-refractivity contribution in [1.82, 2.24) is 20.4 Å². The molecule has 0 fully saturated rings. The van der Waals surface area contributed by atoms with Crippen LogP contribution in [-0.4, -0.2) is 29.2 Å². The Hall–Kier alpha value is -2.76. The van der Waals surface area contributed by atoms with E-state index in [1.54, 1.807) is 25.4 Å². The summed E-state index contributed by atoms with van der Waals surface area (Å²) in [5.41, 5.74) is 2.47. The maximum absolute atomic E-state index is 12.5. The fraction of sp³-hybridized carbons (Fsp3) is 0.238. The molecule has 1 aromatic heterocycles. The lowest BCUT2D eigenvalue weighted by Gasteiger charge is -2.15. The molecule has 0 spiro atoms. The maximum atomic E-state index is 12.5. The van der Waals surface area contributed by atoms with Crippen LogP contribution in [0.4, 0.5) is 13.2 Å². The third-order valence-corrected chi connectivity index (χ3v) is 4.20. The highest BCUT2D eigenvalue weighted by Crippen LogP contribution is 2.26. The SMILES string of the molecule is CN=C(NCc1cnn(Cc2ccccc2)c1)NCc1ccccc1OC(F)(F)F.I. The number of aromatic nitrogens is 2. The Balaban J connectivity index is 0.00000341. The zero-order chi connectivity index (χ0) is 21.4. The molecule has 2 N–H and O–H groups in total. The van der Waals surface area contributed by atoms with E-state index in [2.05, 4.69) is 25.5 Å². The smallest absolute Gasteiger partial charge is 0.405 e. The molecule has 0 unspecified atom stereocenters. The van der Waals surface area contributed by atoms with Gasteiger partial charge in [-0.15, -0.1) is 37.1 Å². The molecule has 0 atom stereocenters. The van der Waals surface area contributed by atoms with Crippen LogP contribution in [0.25, 0.3) is 0 Å². The molecule has 0 saturated heterocycles. The molecular weight excluding hydrogens is 522 g/mol. The summed E-state index contributed by atoms with van der Waals surface area (Å²) in [7, 11) is 1.59. The first-order valence-corrected chi connectivity index (χ1v) is 9.26. The average molecular weight is 545 g/mol. The van der Waals surface area contributed by atoms with Crippen molar-refractivity contribution in [1.29, 1.82) is 0 Å². The van der Waals surface area contributed by atoms with E-state index < -0.39 is 6.36 Å². The lowest BCUT2D eigenvalue weighted by molar-refractivity contribution is -0.274. The number of guanidine groups is 1. The predicted molar refractivity (Wildman–Crippen MR) is 123 cm³/mol. The Morgan fingerprint density at radius 1 is 1.00 bits per heavy atom. The van der Waals surface area contributed by atoms with Gasteiger partial charge in [0.05, 0.1) is 12.7 Å². The number of nitrogens with zero attached hydrogens (tertiary/aromatic N) is 3. The number of benzene rings is 2. The van der Waals surface area contributed by atoms with Crippen molar-refractivity contribution in [3.63, 3.8) is 0 Å². The van der Waals surface area contributed by atoms with E-state index in [-0.39, 0.29) is 36.3 Å². The van der Waals surface area contributed by atoms with Crippen molar-refractivity contribution in [3.8, 4) is 5.75 Å². The largest absolute Gasteiger partial charge is 0.573 e. The number of hydrogen-bond donors (Lipinski definition) is 2. The second kappa shape index (κ2) is 11.6. The molecule has 166 valence electrons. The third kappa shape index (κ3) is 8.12. The van der Waals surface area contributed by atoms with Gasteiger partial charge in [-0.2, -0.15) is 5.10 Å². The second-order valence-electron chi connectivity index (χ2n) is 6.47. The molecule has 3 aromatic rings. The van der Waals surface area contributed by atoms with E-state index in [4.69, 9.17) is 0 Å². The molecule has 0 aliphatic heterocycles. The van der Waals surface area contributed by atoms with Gasteiger partial charge in [-0.3, -0.25) is 9.67 Å². The fourth-order valence-electron chi connectivity index (χ4n) is 2.81. The number of ether oxygens (including phenoxy) is 1. The maximum Gasteiger partial charge on any atom is 0.573 e. The molecular formula is C21H23F3IN5O. The summed E-state index contributed by atoms with van der Waals surface area (Å²) in [5, 5.41) is 10.5. The van der Waals surface area contributed by atoms with E-state index in [0.717, 1.165) is 11.1 Å². The lowest BCUT2D eigenvalue weighted by Crippen LogP contribution is -2.36. The molecule has 3 rings (SSSR count). The highest BCUT2D eigenvalue weighted by molar-refractivity contribution is 14.0. The van der Waals surface area contributed by atoms with Gasteiger partial charge in [-0.25, -0.2) is 0 Å². The van der Waals surface area contributed by atoms with Gasteiger partial charge in [0.2, 0.25) is 0 Å². The van der Waals surface area contributed by atoms with Gasteiger partial charge in [0.1, 0.15) is 5.75 Å². The van der Waals surface area contributed by atoms with Gasteiger partial charge >= 0.3 is 6.36 Å². The second-order valence-corrected chi connectivity index (χ2v) is 6.47. The summed E-state index contributed by atoms with van der Waals surface area (Å²) in [6.07, 6.45) is -1.05. The van der Waals surface area contributed by atoms with Crippen molar-refractivity contribution in [2.75, 3.05) is 7.05 Å². The zero-order valence-corrected chi connectivity index (χ0v) is 19.1. The van der Waals surface area contributed by atoms with Crippen LogP contribution in [0, 0.1) is 0 Å². The lowest BCUT2D eigenvalue weighted by atomic mass is 10.2. The zero-order valence-electron chi connectivity index (χ0n) is 16.8. The van der Waals surface area contributed by atoms with E-state index in [9.17, 15) is 13.2 Å². The minimum atomic E-state index is -4.74. The summed E-state index contributed by atoms with van der Waals surface area (Å²) in [5.74, 6) is 0.211. The Kier molecular flexibility index (Phi) is 9.16. The molecule has 0 bridgehead atoms. The van der Waals surface area contributed by atoms with Gasteiger partial charge in [0, 0.05) is 37.5 Å². The predicted octanol–water partition coefficient (Wildman–Crippen LogP) is 4.31. The third-order valence-electron chi connectivity index (χ3n) is 4.20. The molecule has 10 heteroatoms. The molecule has 0 aliphatic rings. The normalized spacial score (nSPS) is 11.5. The summed E-state index contributed by atoms with van der Waals surface area (Å²) in [6.45, 7) is 1.26. The Labute approximate surface area is 195 Å². The topological polar surface area (TPSA) is 63.5 Å². The standard InChI is InChI=1S/C21H22F3N5O.HI/c1-25-20(27-13-18-9-5-6-10-19(18)30-21(22,23)24)26-11-17-12-28-29(15-17)14-16-7-3-2-4-8-16;/h2-10,12,15H,11,13-14H2,1H3,(H2,25,26,27);1H. The number of nitrogens with one attached hydrogen (secondary N) is 2. The Morgan fingerprint density at radius 2 is 1.68 bits per heavy atom. The first-order chi connectivity index (χ1) is 14.4. The van der Waals surface area contributed by atoms with Crippen molar-refractivity contribution in [2.24, 2.45) is 4.99 Å². The van der Waals surface area contributed by atoms with E-state index >= 15 is 0 Å². The van der Waals surface area contributed by atoms with Crippen molar-refractivity contribution >= 4 is 29.9 Å². The van der Waals surface area contributed by atoms with Gasteiger partial charge in [-0.1, -0.05) is 48.5 Å². The van der Waals surface area contributed by atoms with Crippen LogP contribution >= 0.6 is 24.0 Å². The highest BCUT2D eigenvalue weighted by Gasteiger charge is 2.31. The molecule has 0 aliphatic carbocycles. The molecule has 1 heterocycles. The molecule has 31 heavy (non-hydrogen) atoms. The summed E-state index contributed by atoms with van der Waals surface area (Å²) < 4.78 is 43.6. The number of halogens is 4. The van der Waals surface area contributed by atoms with Crippen LogP contribution in [0.2, 0.25) is 0 Å². The minimum Gasteiger partial charge on any atom is -0.405 e. The van der Waals surface area contributed by atoms with Gasteiger partial charge in [0.25, 0.3) is 0 Å².